The summed E-state index contributed by atoms with van der Waals surface area (Å²) in [4.78, 5) is 0. The third-order valence-electron chi connectivity index (χ3n) is 5.50. The summed E-state index contributed by atoms with van der Waals surface area (Å²) in [6.07, 6.45) is 25.7. The summed E-state index contributed by atoms with van der Waals surface area (Å²) in [6.45, 7) is 6.87. The normalized spacial score (nSPS) is 12.6. The van der Waals surface area contributed by atoms with Gasteiger partial charge in [0.2, 0.25) is 0 Å². The summed E-state index contributed by atoms with van der Waals surface area (Å²) in [5.74, 6) is 3.87. The van der Waals surface area contributed by atoms with Gasteiger partial charge in [-0.3, -0.25) is 0 Å². The van der Waals surface area contributed by atoms with E-state index in [1.807, 2.05) is 0 Å². The van der Waals surface area contributed by atoms with Gasteiger partial charge in [0, 0.05) is 0 Å². The molecular weight excluding hydrogens is 356 g/mol. The Bertz CT molecular complexity index is 261. The van der Waals surface area contributed by atoms with Crippen LogP contribution in [0.5, 0.6) is 0 Å². The van der Waals surface area contributed by atoms with Gasteiger partial charge in [-0.1, -0.05) is 128 Å². The molecule has 0 saturated carbocycles. The van der Waals surface area contributed by atoms with Gasteiger partial charge in [0.05, 0.1) is 0 Å². The van der Waals surface area contributed by atoms with E-state index in [0.717, 1.165) is 0 Å². The minimum absolute atomic E-state index is 0.786. The van der Waals surface area contributed by atoms with Crippen molar-refractivity contribution >= 4 is 19.9 Å². The van der Waals surface area contributed by atoms with Crippen LogP contribution >= 0.6 is 19.9 Å². The van der Waals surface area contributed by atoms with Crippen molar-refractivity contribution in [3.05, 3.63) is 0 Å². The highest BCUT2D eigenvalue weighted by molar-refractivity contribution is 8.51. The zero-order valence-electron chi connectivity index (χ0n) is 18.6. The summed E-state index contributed by atoms with van der Waals surface area (Å²) in [5, 5.41) is 0. The lowest BCUT2D eigenvalue weighted by molar-refractivity contribution is 0.531. The lowest BCUT2D eigenvalue weighted by atomic mass is 10.0. The summed E-state index contributed by atoms with van der Waals surface area (Å²) in [5.41, 5.74) is 0. The number of unbranched alkanes of at least 4 members (excludes halogenated alkanes) is 15. The van der Waals surface area contributed by atoms with Crippen LogP contribution in [0.25, 0.3) is 0 Å². The Morgan fingerprint density at radius 3 is 1.00 bits per heavy atom. The molecule has 0 aromatic rings. The van der Waals surface area contributed by atoms with Crippen molar-refractivity contribution in [3.8, 4) is 0 Å². The van der Waals surface area contributed by atoms with Crippen LogP contribution in [-0.4, -0.2) is 17.3 Å². The first-order valence-corrected chi connectivity index (χ1v) is 15.1. The smallest absolute Gasteiger partial charge is 0.0101 e. The molecule has 0 aliphatic carbocycles. The molecule has 0 amide bonds. The molecule has 0 N–H and O–H groups in total. The largest absolute Gasteiger partial charge is 0.163 e. The van der Waals surface area contributed by atoms with Gasteiger partial charge < -0.3 is 0 Å². The Balaban J connectivity index is 3.26. The van der Waals surface area contributed by atoms with E-state index in [4.69, 9.17) is 10.7 Å². The minimum Gasteiger partial charge on any atom is -0.163 e. The first-order chi connectivity index (χ1) is 12.7. The summed E-state index contributed by atoms with van der Waals surface area (Å²) in [7, 11) is 6.10. The molecule has 0 aromatic carbocycles. The van der Waals surface area contributed by atoms with Crippen molar-refractivity contribution in [2.75, 3.05) is 17.3 Å². The molecule has 2 heteroatoms. The molecule has 0 nitrogen and oxygen atoms in total. The SMILES string of the molecule is CCCCCCCCCCCCCCCCCCS(Cl)(CCC)CCC. The van der Waals surface area contributed by atoms with Crippen molar-refractivity contribution in [2.45, 2.75) is 136 Å². The van der Waals surface area contributed by atoms with Crippen LogP contribution < -0.4 is 0 Å². The quantitative estimate of drug-likeness (QED) is 0.166. The molecule has 0 heterocycles. The van der Waals surface area contributed by atoms with E-state index in [1.54, 1.807) is 0 Å². The lowest BCUT2D eigenvalue weighted by Crippen LogP contribution is -2.07. The molecule has 0 spiro atoms. The van der Waals surface area contributed by atoms with Crippen molar-refractivity contribution in [1.29, 1.82) is 0 Å². The van der Waals surface area contributed by atoms with Gasteiger partial charge in [0.15, 0.2) is 0 Å². The van der Waals surface area contributed by atoms with Crippen molar-refractivity contribution in [3.63, 3.8) is 0 Å². The number of halogens is 1. The van der Waals surface area contributed by atoms with Gasteiger partial charge in [0.25, 0.3) is 0 Å². The Morgan fingerprint density at radius 1 is 0.385 bits per heavy atom. The third kappa shape index (κ3) is 18.0. The molecule has 0 unspecified atom stereocenters. The van der Waals surface area contributed by atoms with Crippen LogP contribution in [0.4, 0.5) is 0 Å². The van der Waals surface area contributed by atoms with Gasteiger partial charge in [-0.15, -0.1) is 0 Å². The second kappa shape index (κ2) is 20.4. The van der Waals surface area contributed by atoms with Crippen LogP contribution in [0, 0.1) is 0 Å². The van der Waals surface area contributed by atoms with E-state index >= 15 is 0 Å². The summed E-state index contributed by atoms with van der Waals surface area (Å²) < 4.78 is 0. The van der Waals surface area contributed by atoms with Crippen molar-refractivity contribution in [1.82, 2.24) is 0 Å². The first kappa shape index (κ1) is 26.6. The van der Waals surface area contributed by atoms with Gasteiger partial charge in [-0.2, -0.15) is 9.24 Å². The maximum Gasteiger partial charge on any atom is -0.0101 e. The molecule has 0 atom stereocenters. The molecule has 0 radical (unpaired) electrons. The van der Waals surface area contributed by atoms with Gasteiger partial charge in [-0.25, -0.2) is 0 Å². The highest BCUT2D eigenvalue weighted by Gasteiger charge is 2.18. The molecule has 0 bridgehead atoms. The fourth-order valence-corrected chi connectivity index (χ4v) is 8.00. The zero-order valence-corrected chi connectivity index (χ0v) is 20.2. The van der Waals surface area contributed by atoms with Crippen LogP contribution in [0.15, 0.2) is 0 Å². The van der Waals surface area contributed by atoms with Gasteiger partial charge in [0.1, 0.15) is 0 Å². The number of rotatable bonds is 21. The molecule has 0 aromatic heterocycles. The number of hydrogen-bond acceptors (Lipinski definition) is 0. The molecule has 0 fully saturated rings. The van der Waals surface area contributed by atoms with Crippen LogP contribution in [0.2, 0.25) is 0 Å². The molecular formula is C24H51ClS. The van der Waals surface area contributed by atoms with E-state index in [0.29, 0.717) is 0 Å². The predicted molar refractivity (Wildman–Crippen MR) is 128 cm³/mol. The Labute approximate surface area is 173 Å². The standard InChI is InChI=1S/C24H51ClS/c1-4-7-8-9-10-11-12-13-14-15-16-17-18-19-20-21-24-26(25,22-5-2)23-6-3/h4-24H2,1-3H3. The maximum absolute atomic E-state index is 6.89. The second-order valence-electron chi connectivity index (χ2n) is 8.36. The van der Waals surface area contributed by atoms with E-state index in [-0.39, 0.29) is 0 Å². The molecule has 160 valence electrons. The average molecular weight is 407 g/mol. The average Bonchev–Trinajstić information content (AvgIpc) is 2.62. The second-order valence-corrected chi connectivity index (χ2v) is 13.4. The fraction of sp³-hybridized carbons (Fsp3) is 1.00. The Morgan fingerprint density at radius 2 is 0.692 bits per heavy atom. The maximum atomic E-state index is 6.89. The van der Waals surface area contributed by atoms with Crippen molar-refractivity contribution in [2.24, 2.45) is 0 Å². The Kier molecular flexibility index (Phi) is 20.9. The van der Waals surface area contributed by atoms with Crippen LogP contribution in [0.3, 0.4) is 0 Å². The number of hydrogen-bond donors (Lipinski definition) is 0. The fourth-order valence-electron chi connectivity index (χ4n) is 3.95. The first-order valence-electron chi connectivity index (χ1n) is 12.1. The lowest BCUT2D eigenvalue weighted by Gasteiger charge is -2.32. The van der Waals surface area contributed by atoms with Gasteiger partial charge in [-0.05, 0) is 36.5 Å². The zero-order chi connectivity index (χ0) is 19.3. The van der Waals surface area contributed by atoms with Crippen LogP contribution in [-0.2, 0) is 0 Å². The summed E-state index contributed by atoms with van der Waals surface area (Å²) in [6, 6.07) is 0. The molecule has 0 rings (SSSR count). The molecule has 26 heavy (non-hydrogen) atoms. The topological polar surface area (TPSA) is 0 Å². The van der Waals surface area contributed by atoms with Crippen LogP contribution in [0.1, 0.15) is 136 Å². The van der Waals surface area contributed by atoms with E-state index in [2.05, 4.69) is 20.8 Å². The molecule has 0 saturated heterocycles. The molecule has 0 aliphatic rings. The highest BCUT2D eigenvalue weighted by Crippen LogP contribution is 2.54. The monoisotopic (exact) mass is 406 g/mol. The van der Waals surface area contributed by atoms with E-state index in [9.17, 15) is 0 Å². The van der Waals surface area contributed by atoms with E-state index in [1.165, 1.54) is 133 Å². The third-order valence-corrected chi connectivity index (χ3v) is 10.2. The summed E-state index contributed by atoms with van der Waals surface area (Å²) >= 11 is 0. The van der Waals surface area contributed by atoms with Gasteiger partial charge >= 0.3 is 0 Å². The Hall–Kier alpha value is 0.640. The predicted octanol–water partition coefficient (Wildman–Crippen LogP) is 10.0. The highest BCUT2D eigenvalue weighted by atomic mass is 35.7. The van der Waals surface area contributed by atoms with Crippen molar-refractivity contribution < 1.29 is 0 Å². The van der Waals surface area contributed by atoms with E-state index < -0.39 is 9.24 Å². The molecule has 0 aliphatic heterocycles. The minimum atomic E-state index is -0.786.